The molecule has 5 heteroatoms. The van der Waals surface area contributed by atoms with Gasteiger partial charge in [-0.3, -0.25) is 0 Å². The van der Waals surface area contributed by atoms with E-state index in [-0.39, 0.29) is 18.4 Å². The number of ether oxygens (including phenoxy) is 1. The molecule has 1 unspecified atom stereocenters. The largest absolute Gasteiger partial charge is 0.434 e. The predicted octanol–water partition coefficient (Wildman–Crippen LogP) is 3.49. The highest BCUT2D eigenvalue weighted by Crippen LogP contribution is 2.26. The molecular weight excluding hydrogens is 264 g/mol. The predicted molar refractivity (Wildman–Crippen MR) is 75.0 cm³/mol. The third-order valence-electron chi connectivity index (χ3n) is 3.14. The molecule has 2 N–H and O–H groups in total. The highest BCUT2D eigenvalue weighted by atomic mass is 19.3. The summed E-state index contributed by atoms with van der Waals surface area (Å²) in [6.07, 6.45) is 3.90. The van der Waals surface area contributed by atoms with Crippen LogP contribution in [-0.2, 0) is 0 Å². The van der Waals surface area contributed by atoms with Gasteiger partial charge in [-0.2, -0.15) is 8.78 Å². The maximum absolute atomic E-state index is 12.3. The Morgan fingerprint density at radius 1 is 1.15 bits per heavy atom. The highest BCUT2D eigenvalue weighted by Gasteiger charge is 2.13. The van der Waals surface area contributed by atoms with E-state index >= 15 is 0 Å². The number of rotatable bonds is 10. The van der Waals surface area contributed by atoms with Gasteiger partial charge in [-0.05, 0) is 32.4 Å². The van der Waals surface area contributed by atoms with Crippen LogP contribution < -0.4 is 10.1 Å². The van der Waals surface area contributed by atoms with Crippen LogP contribution in [0.2, 0.25) is 0 Å². The molecule has 0 aliphatic carbocycles. The van der Waals surface area contributed by atoms with Crippen molar-refractivity contribution >= 4 is 0 Å². The molecule has 0 amide bonds. The molecule has 114 valence electrons. The van der Waals surface area contributed by atoms with E-state index in [1.54, 1.807) is 18.2 Å². The first-order chi connectivity index (χ1) is 9.65. The molecule has 1 aromatic carbocycles. The van der Waals surface area contributed by atoms with E-state index in [2.05, 4.69) is 10.1 Å². The van der Waals surface area contributed by atoms with Gasteiger partial charge in [0.15, 0.2) is 0 Å². The fourth-order valence-corrected chi connectivity index (χ4v) is 2.06. The van der Waals surface area contributed by atoms with Crippen molar-refractivity contribution in [1.29, 1.82) is 0 Å². The quantitative estimate of drug-likeness (QED) is 0.647. The lowest BCUT2D eigenvalue weighted by Crippen LogP contribution is -2.21. The molecule has 1 aromatic rings. The van der Waals surface area contributed by atoms with Gasteiger partial charge in [0.05, 0.1) is 0 Å². The molecule has 0 bridgehead atoms. The number of halogens is 2. The molecule has 0 fully saturated rings. The Morgan fingerprint density at radius 3 is 2.55 bits per heavy atom. The van der Waals surface area contributed by atoms with Crippen LogP contribution in [0.4, 0.5) is 8.78 Å². The zero-order chi connectivity index (χ0) is 14.8. The zero-order valence-electron chi connectivity index (χ0n) is 11.8. The summed E-state index contributed by atoms with van der Waals surface area (Å²) in [4.78, 5) is 0. The third-order valence-corrected chi connectivity index (χ3v) is 3.14. The molecule has 0 aromatic heterocycles. The van der Waals surface area contributed by atoms with Gasteiger partial charge in [-0.25, -0.2) is 0 Å². The number of benzene rings is 1. The van der Waals surface area contributed by atoms with Gasteiger partial charge in [-0.15, -0.1) is 0 Å². The Labute approximate surface area is 119 Å². The molecular formula is C15H23F2NO2. The average Bonchev–Trinajstić information content (AvgIpc) is 2.42. The van der Waals surface area contributed by atoms with E-state index in [4.69, 9.17) is 5.11 Å². The van der Waals surface area contributed by atoms with Crippen molar-refractivity contribution < 1.29 is 18.6 Å². The van der Waals surface area contributed by atoms with Gasteiger partial charge in [0.25, 0.3) is 0 Å². The lowest BCUT2D eigenvalue weighted by Gasteiger charge is -2.18. The first-order valence-electron chi connectivity index (χ1n) is 7.03. The van der Waals surface area contributed by atoms with Crippen LogP contribution in [0.1, 0.15) is 44.2 Å². The number of alkyl halides is 2. The normalized spacial score (nSPS) is 12.7. The molecule has 0 aliphatic heterocycles. The summed E-state index contributed by atoms with van der Waals surface area (Å²) in [7, 11) is 0. The van der Waals surface area contributed by atoms with Gasteiger partial charge >= 0.3 is 6.61 Å². The molecule has 0 radical (unpaired) electrons. The Kier molecular flexibility index (Phi) is 8.14. The van der Waals surface area contributed by atoms with E-state index in [1.165, 1.54) is 0 Å². The van der Waals surface area contributed by atoms with E-state index in [1.807, 2.05) is 13.0 Å². The minimum absolute atomic E-state index is 0.0391. The molecule has 0 saturated heterocycles. The van der Waals surface area contributed by atoms with Crippen molar-refractivity contribution in [2.24, 2.45) is 0 Å². The van der Waals surface area contributed by atoms with E-state index in [0.29, 0.717) is 0 Å². The number of nitrogens with one attached hydrogen (secondary N) is 1. The molecule has 20 heavy (non-hydrogen) atoms. The van der Waals surface area contributed by atoms with Crippen LogP contribution in [0.25, 0.3) is 0 Å². The van der Waals surface area contributed by atoms with Crippen molar-refractivity contribution in [2.75, 3.05) is 13.2 Å². The molecule has 0 saturated carbocycles. The maximum atomic E-state index is 12.3. The molecule has 0 spiro atoms. The summed E-state index contributed by atoms with van der Waals surface area (Å²) >= 11 is 0. The second-order valence-electron chi connectivity index (χ2n) is 4.73. The summed E-state index contributed by atoms with van der Waals surface area (Å²) in [5, 5.41) is 12.0. The van der Waals surface area contributed by atoms with E-state index < -0.39 is 6.61 Å². The van der Waals surface area contributed by atoms with E-state index in [9.17, 15) is 8.78 Å². The van der Waals surface area contributed by atoms with Crippen molar-refractivity contribution in [2.45, 2.75) is 45.3 Å². The number of unbranched alkanes of at least 4 members (excludes halogenated alkanes) is 3. The standard InChI is InChI=1S/C15H23F2NO2/c1-12(18-10-6-2-3-7-11-19)13-8-4-5-9-14(13)20-15(16)17/h4-5,8-9,12,15,18-19H,2-3,6-7,10-11H2,1H3. The Hall–Kier alpha value is -1.20. The van der Waals surface area contributed by atoms with Gasteiger partial charge in [0.2, 0.25) is 0 Å². The summed E-state index contributed by atoms with van der Waals surface area (Å²) in [6.45, 7) is 0.181. The minimum atomic E-state index is -2.80. The molecule has 0 aliphatic rings. The number of hydrogen-bond acceptors (Lipinski definition) is 3. The fraction of sp³-hybridized carbons (Fsp3) is 0.600. The molecule has 1 atom stereocenters. The monoisotopic (exact) mass is 287 g/mol. The third kappa shape index (κ3) is 6.30. The van der Waals surface area contributed by atoms with Crippen LogP contribution in [0, 0.1) is 0 Å². The average molecular weight is 287 g/mol. The number of aliphatic hydroxyl groups is 1. The van der Waals surface area contributed by atoms with Gasteiger partial charge in [0, 0.05) is 18.2 Å². The number of hydrogen-bond donors (Lipinski definition) is 2. The Morgan fingerprint density at radius 2 is 1.85 bits per heavy atom. The van der Waals surface area contributed by atoms with Crippen molar-refractivity contribution in [3.63, 3.8) is 0 Å². The van der Waals surface area contributed by atoms with Crippen LogP contribution >= 0.6 is 0 Å². The SMILES string of the molecule is CC(NCCCCCCO)c1ccccc1OC(F)F. The Bertz CT molecular complexity index is 375. The summed E-state index contributed by atoms with van der Waals surface area (Å²) < 4.78 is 29.2. The fourth-order valence-electron chi connectivity index (χ4n) is 2.06. The summed E-state index contributed by atoms with van der Waals surface area (Å²) in [5.74, 6) is 0.225. The summed E-state index contributed by atoms with van der Waals surface area (Å²) in [5.41, 5.74) is 0.739. The first kappa shape index (κ1) is 16.9. The lowest BCUT2D eigenvalue weighted by atomic mass is 10.1. The number of aliphatic hydroxyl groups excluding tert-OH is 1. The first-order valence-corrected chi connectivity index (χ1v) is 7.03. The second kappa shape index (κ2) is 9.66. The van der Waals surface area contributed by atoms with Gasteiger partial charge in [-0.1, -0.05) is 31.0 Å². The van der Waals surface area contributed by atoms with Crippen molar-refractivity contribution in [3.8, 4) is 5.75 Å². The second-order valence-corrected chi connectivity index (χ2v) is 4.73. The van der Waals surface area contributed by atoms with Crippen molar-refractivity contribution in [1.82, 2.24) is 5.32 Å². The van der Waals surface area contributed by atoms with Crippen molar-refractivity contribution in [3.05, 3.63) is 29.8 Å². The minimum Gasteiger partial charge on any atom is -0.434 e. The van der Waals surface area contributed by atoms with Crippen LogP contribution in [-0.4, -0.2) is 24.9 Å². The maximum Gasteiger partial charge on any atom is 0.387 e. The number of para-hydroxylation sites is 1. The molecule has 0 heterocycles. The van der Waals surface area contributed by atoms with Crippen LogP contribution in [0.3, 0.4) is 0 Å². The highest BCUT2D eigenvalue weighted by molar-refractivity contribution is 5.35. The zero-order valence-corrected chi connectivity index (χ0v) is 11.8. The van der Waals surface area contributed by atoms with E-state index in [0.717, 1.165) is 37.8 Å². The summed E-state index contributed by atoms with van der Waals surface area (Å²) in [6, 6.07) is 6.81. The lowest BCUT2D eigenvalue weighted by molar-refractivity contribution is -0.0506. The molecule has 3 nitrogen and oxygen atoms in total. The molecule has 1 rings (SSSR count). The van der Waals surface area contributed by atoms with Crippen LogP contribution in [0.15, 0.2) is 24.3 Å². The topological polar surface area (TPSA) is 41.5 Å². The van der Waals surface area contributed by atoms with Gasteiger partial charge < -0.3 is 15.2 Å². The van der Waals surface area contributed by atoms with Crippen LogP contribution in [0.5, 0.6) is 5.75 Å². The smallest absolute Gasteiger partial charge is 0.387 e. The van der Waals surface area contributed by atoms with Gasteiger partial charge in [0.1, 0.15) is 5.75 Å². The Balaban J connectivity index is 2.40.